The second-order valence-corrected chi connectivity index (χ2v) is 9.95. The lowest BCUT2D eigenvalue weighted by molar-refractivity contribution is 0.0945. The third-order valence-corrected chi connectivity index (χ3v) is 7.30. The molecule has 2 aromatic heterocycles. The van der Waals surface area contributed by atoms with Gasteiger partial charge in [0.25, 0.3) is 12.3 Å². The average Bonchev–Trinajstić information content (AvgIpc) is 3.64. The molecule has 0 fully saturated rings. The van der Waals surface area contributed by atoms with Gasteiger partial charge in [-0.2, -0.15) is 5.10 Å². The number of methoxy groups -OCH3 is 2. The number of nitrogens with one attached hydrogen (secondary N) is 1. The molecule has 10 nitrogen and oxygen atoms in total. The Kier molecular flexibility index (Phi) is 8.88. The minimum atomic E-state index is -2.89. The second-order valence-electron chi connectivity index (χ2n) is 9.95. The summed E-state index contributed by atoms with van der Waals surface area (Å²) in [5.41, 5.74) is 4.54. The van der Waals surface area contributed by atoms with Gasteiger partial charge in [-0.3, -0.25) is 14.4 Å². The summed E-state index contributed by atoms with van der Waals surface area (Å²) in [7, 11) is 2.81. The Balaban J connectivity index is 1.36. The Morgan fingerprint density at radius 2 is 1.98 bits per heavy atom. The summed E-state index contributed by atoms with van der Waals surface area (Å²) in [4.78, 5) is 19.3. The summed E-state index contributed by atoms with van der Waals surface area (Å²) >= 11 is 0. The van der Waals surface area contributed by atoms with Gasteiger partial charge >= 0.3 is 0 Å². The molecule has 0 bridgehead atoms. The molecule has 5 rings (SSSR count). The number of carbonyl (C=O) groups is 1. The standard InChI is InChI=1S/C29H32F3N7O3/c1-4-37-10-9-19-11-18(5-6-20(19)14-37)13-38-15-22(23(35-38)16-41-2)29(40)33-12-21-24(7-8-25(42-3)26(21)30)39-17-34-28(36-39)27(31)32/h5-8,11,15,17,27H,4,9-10,12-14,16H2,1-3H3,(H,33,40). The van der Waals surface area contributed by atoms with Crippen LogP contribution in [0.2, 0.25) is 0 Å². The molecule has 42 heavy (non-hydrogen) atoms. The van der Waals surface area contributed by atoms with E-state index in [1.165, 1.54) is 37.5 Å². The number of hydrogen-bond donors (Lipinski definition) is 1. The van der Waals surface area contributed by atoms with E-state index in [4.69, 9.17) is 9.47 Å². The molecule has 2 aromatic carbocycles. The zero-order chi connectivity index (χ0) is 29.8. The fourth-order valence-electron chi connectivity index (χ4n) is 5.08. The van der Waals surface area contributed by atoms with Crippen molar-refractivity contribution >= 4 is 5.91 Å². The first-order chi connectivity index (χ1) is 20.3. The minimum absolute atomic E-state index is 0.00945. The van der Waals surface area contributed by atoms with Crippen LogP contribution in [0.4, 0.5) is 13.2 Å². The number of hydrogen-bond acceptors (Lipinski definition) is 7. The number of nitrogens with zero attached hydrogens (tertiary/aromatic N) is 6. The average molecular weight is 584 g/mol. The van der Waals surface area contributed by atoms with Gasteiger partial charge in [-0.05, 0) is 41.8 Å². The highest BCUT2D eigenvalue weighted by molar-refractivity contribution is 5.95. The predicted molar refractivity (Wildman–Crippen MR) is 147 cm³/mol. The number of aromatic nitrogens is 5. The van der Waals surface area contributed by atoms with Crippen LogP contribution in [0.1, 0.15) is 57.5 Å². The van der Waals surface area contributed by atoms with Gasteiger partial charge in [0.2, 0.25) is 5.82 Å². The topological polar surface area (TPSA) is 99.3 Å². The van der Waals surface area contributed by atoms with E-state index in [2.05, 4.69) is 50.5 Å². The predicted octanol–water partition coefficient (Wildman–Crippen LogP) is 4.05. The van der Waals surface area contributed by atoms with Crippen LogP contribution < -0.4 is 10.1 Å². The van der Waals surface area contributed by atoms with Gasteiger partial charge in [0.1, 0.15) is 12.0 Å². The quantitative estimate of drug-likeness (QED) is 0.285. The number of halogens is 3. The molecule has 0 unspecified atom stereocenters. The van der Waals surface area contributed by atoms with E-state index in [1.54, 1.807) is 10.9 Å². The second kappa shape index (κ2) is 12.7. The van der Waals surface area contributed by atoms with Gasteiger partial charge in [-0.15, -0.1) is 5.10 Å². The Morgan fingerprint density at radius 3 is 2.69 bits per heavy atom. The normalized spacial score (nSPS) is 13.4. The molecular weight excluding hydrogens is 551 g/mol. The molecule has 0 radical (unpaired) electrons. The number of carbonyl (C=O) groups excluding carboxylic acids is 1. The molecule has 0 spiro atoms. The fourth-order valence-corrected chi connectivity index (χ4v) is 5.08. The molecule has 4 aromatic rings. The minimum Gasteiger partial charge on any atom is -0.494 e. The lowest BCUT2D eigenvalue weighted by Gasteiger charge is -2.27. The maximum Gasteiger partial charge on any atom is 0.299 e. The SMILES string of the molecule is CCN1CCc2cc(Cn3cc(C(=O)NCc4c(-n5cnc(C(F)F)n5)ccc(OC)c4F)c(COC)n3)ccc2C1. The monoisotopic (exact) mass is 583 g/mol. The van der Waals surface area contributed by atoms with Gasteiger partial charge in [0.15, 0.2) is 11.6 Å². The smallest absolute Gasteiger partial charge is 0.299 e. The van der Waals surface area contributed by atoms with E-state index in [9.17, 15) is 13.6 Å². The van der Waals surface area contributed by atoms with Crippen molar-refractivity contribution in [3.05, 3.63) is 88.0 Å². The molecule has 0 saturated carbocycles. The van der Waals surface area contributed by atoms with E-state index >= 15 is 4.39 Å². The third-order valence-electron chi connectivity index (χ3n) is 7.30. The molecule has 1 aliphatic heterocycles. The van der Waals surface area contributed by atoms with Gasteiger partial charge < -0.3 is 14.8 Å². The van der Waals surface area contributed by atoms with E-state index in [1.807, 2.05) is 0 Å². The zero-order valence-electron chi connectivity index (χ0n) is 23.6. The zero-order valence-corrected chi connectivity index (χ0v) is 23.6. The summed E-state index contributed by atoms with van der Waals surface area (Å²) in [6.07, 6.45) is 0.799. The molecule has 0 atom stereocenters. The number of rotatable bonds is 11. The first kappa shape index (κ1) is 29.3. The number of fused-ring (bicyclic) bond motifs is 1. The summed E-state index contributed by atoms with van der Waals surface area (Å²) in [5, 5.41) is 11.0. The fraction of sp³-hybridized carbons (Fsp3) is 0.379. The maximum absolute atomic E-state index is 15.3. The van der Waals surface area contributed by atoms with E-state index in [0.717, 1.165) is 42.6 Å². The van der Waals surface area contributed by atoms with E-state index < -0.39 is 24.0 Å². The van der Waals surface area contributed by atoms with Gasteiger partial charge in [-0.1, -0.05) is 25.1 Å². The van der Waals surface area contributed by atoms with Crippen molar-refractivity contribution in [2.75, 3.05) is 27.3 Å². The van der Waals surface area contributed by atoms with Crippen LogP contribution in [-0.2, 0) is 37.4 Å². The highest BCUT2D eigenvalue weighted by Crippen LogP contribution is 2.27. The van der Waals surface area contributed by atoms with Crippen molar-refractivity contribution < 1.29 is 27.4 Å². The highest BCUT2D eigenvalue weighted by atomic mass is 19.3. The van der Waals surface area contributed by atoms with Crippen molar-refractivity contribution in [3.8, 4) is 11.4 Å². The van der Waals surface area contributed by atoms with Crippen LogP contribution >= 0.6 is 0 Å². The number of benzene rings is 2. The van der Waals surface area contributed by atoms with Gasteiger partial charge in [-0.25, -0.2) is 22.8 Å². The molecule has 1 aliphatic rings. The van der Waals surface area contributed by atoms with Crippen LogP contribution in [0.5, 0.6) is 5.75 Å². The summed E-state index contributed by atoms with van der Waals surface area (Å²) in [5.74, 6) is -2.03. The number of amides is 1. The number of likely N-dealkylation sites (N-methyl/N-ethyl adjacent to an activating group) is 1. The van der Waals surface area contributed by atoms with Crippen LogP contribution in [0.15, 0.2) is 42.9 Å². The molecule has 0 aliphatic carbocycles. The maximum atomic E-state index is 15.3. The van der Waals surface area contributed by atoms with Crippen molar-refractivity contribution in [3.63, 3.8) is 0 Å². The molecular formula is C29H32F3N7O3. The third kappa shape index (κ3) is 6.16. The van der Waals surface area contributed by atoms with Gasteiger partial charge in [0.05, 0.1) is 31.5 Å². The highest BCUT2D eigenvalue weighted by Gasteiger charge is 2.22. The van der Waals surface area contributed by atoms with E-state index in [0.29, 0.717) is 12.2 Å². The van der Waals surface area contributed by atoms with Crippen molar-refractivity contribution in [2.24, 2.45) is 0 Å². The molecule has 13 heteroatoms. The molecule has 1 N–H and O–H groups in total. The lowest BCUT2D eigenvalue weighted by atomic mass is 9.97. The van der Waals surface area contributed by atoms with Crippen LogP contribution in [0, 0.1) is 5.82 Å². The first-order valence-electron chi connectivity index (χ1n) is 13.5. The summed E-state index contributed by atoms with van der Waals surface area (Å²) in [6, 6.07) is 9.23. The summed E-state index contributed by atoms with van der Waals surface area (Å²) in [6.45, 7) is 5.43. The molecule has 222 valence electrons. The number of ether oxygens (including phenoxy) is 2. The summed E-state index contributed by atoms with van der Waals surface area (Å²) < 4.78 is 54.5. The van der Waals surface area contributed by atoms with Crippen LogP contribution in [-0.4, -0.2) is 62.7 Å². The molecule has 3 heterocycles. The Bertz CT molecular complexity index is 1570. The van der Waals surface area contributed by atoms with E-state index in [-0.39, 0.29) is 35.7 Å². The van der Waals surface area contributed by atoms with Crippen molar-refractivity contribution in [1.29, 1.82) is 0 Å². The van der Waals surface area contributed by atoms with Crippen molar-refractivity contribution in [2.45, 2.75) is 46.0 Å². The lowest BCUT2D eigenvalue weighted by Crippen LogP contribution is -2.30. The first-order valence-corrected chi connectivity index (χ1v) is 13.5. The Hall–Kier alpha value is -4.23. The Labute approximate surface area is 241 Å². The molecule has 1 amide bonds. The van der Waals surface area contributed by atoms with Crippen molar-refractivity contribution in [1.82, 2.24) is 34.8 Å². The van der Waals surface area contributed by atoms with Crippen LogP contribution in [0.3, 0.4) is 0 Å². The van der Waals surface area contributed by atoms with Gasteiger partial charge in [0, 0.05) is 38.5 Å². The molecule has 0 saturated heterocycles. The Morgan fingerprint density at radius 1 is 1.14 bits per heavy atom. The largest absolute Gasteiger partial charge is 0.494 e. The van der Waals surface area contributed by atoms with Crippen LogP contribution in [0.25, 0.3) is 5.69 Å². The number of alkyl halides is 2.